The number of urea groups is 1. The summed E-state index contributed by atoms with van der Waals surface area (Å²) >= 11 is 0. The van der Waals surface area contributed by atoms with Crippen molar-refractivity contribution in [3.8, 4) is 0 Å². The van der Waals surface area contributed by atoms with Gasteiger partial charge in [0.1, 0.15) is 6.04 Å². The number of benzene rings is 1. The summed E-state index contributed by atoms with van der Waals surface area (Å²) in [6.07, 6.45) is 4.17. The number of aromatic nitrogens is 1. The molecule has 7 nitrogen and oxygen atoms in total. The normalized spacial score (nSPS) is 16.5. The number of carbonyl (C=O) groups is 3. The highest BCUT2D eigenvalue weighted by Gasteiger charge is 2.37. The van der Waals surface area contributed by atoms with Gasteiger partial charge in [-0.3, -0.25) is 19.5 Å². The number of nitrogens with one attached hydrogen (secondary N) is 2. The van der Waals surface area contributed by atoms with Crippen LogP contribution >= 0.6 is 0 Å². The van der Waals surface area contributed by atoms with E-state index >= 15 is 0 Å². The Bertz CT molecular complexity index is 780. The number of nitrogens with zero attached hydrogens (tertiary/aromatic N) is 2. The van der Waals surface area contributed by atoms with Gasteiger partial charge < -0.3 is 10.6 Å². The summed E-state index contributed by atoms with van der Waals surface area (Å²) in [6, 6.07) is 12.1. The van der Waals surface area contributed by atoms with Crippen molar-refractivity contribution in [2.45, 2.75) is 25.3 Å². The van der Waals surface area contributed by atoms with Crippen LogP contribution in [0, 0.1) is 0 Å². The lowest BCUT2D eigenvalue weighted by Gasteiger charge is -2.13. The molecule has 4 amide bonds. The maximum atomic E-state index is 12.4. The molecule has 7 heteroatoms. The highest BCUT2D eigenvalue weighted by atomic mass is 16.2. The van der Waals surface area contributed by atoms with Crippen molar-refractivity contribution < 1.29 is 14.4 Å². The van der Waals surface area contributed by atoms with E-state index in [0.29, 0.717) is 18.7 Å². The Morgan fingerprint density at radius 2 is 1.96 bits per heavy atom. The van der Waals surface area contributed by atoms with Crippen LogP contribution in [0.15, 0.2) is 54.9 Å². The smallest absolute Gasteiger partial charge is 0.324 e. The Labute approximate surface area is 151 Å². The second-order valence-corrected chi connectivity index (χ2v) is 6.06. The zero-order valence-corrected chi connectivity index (χ0v) is 14.2. The first-order chi connectivity index (χ1) is 12.6. The molecule has 0 bridgehead atoms. The molecular formula is C19H20N4O3. The van der Waals surface area contributed by atoms with Crippen LogP contribution in [0.4, 0.5) is 10.5 Å². The molecule has 0 radical (unpaired) electrons. The van der Waals surface area contributed by atoms with Crippen molar-refractivity contribution >= 4 is 23.5 Å². The minimum atomic E-state index is -0.655. The van der Waals surface area contributed by atoms with E-state index in [1.54, 1.807) is 24.5 Å². The Hall–Kier alpha value is -3.22. The van der Waals surface area contributed by atoms with Crippen LogP contribution in [0.2, 0.25) is 0 Å². The summed E-state index contributed by atoms with van der Waals surface area (Å²) < 4.78 is 0. The van der Waals surface area contributed by atoms with Gasteiger partial charge in [0.25, 0.3) is 5.91 Å². The monoisotopic (exact) mass is 352 g/mol. The summed E-state index contributed by atoms with van der Waals surface area (Å²) in [5.41, 5.74) is 1.66. The zero-order valence-electron chi connectivity index (χ0n) is 14.2. The van der Waals surface area contributed by atoms with Gasteiger partial charge in [0, 0.05) is 19.2 Å². The molecule has 0 aliphatic carbocycles. The van der Waals surface area contributed by atoms with E-state index in [2.05, 4.69) is 15.6 Å². The number of rotatable bonds is 7. The number of amides is 4. The van der Waals surface area contributed by atoms with E-state index in [1.807, 2.05) is 30.3 Å². The van der Waals surface area contributed by atoms with E-state index in [0.717, 1.165) is 5.56 Å². The molecule has 0 unspecified atom stereocenters. The lowest BCUT2D eigenvalue weighted by atomic mass is 10.1. The average Bonchev–Trinajstić information content (AvgIpc) is 2.93. The van der Waals surface area contributed by atoms with E-state index in [1.165, 1.54) is 4.90 Å². The number of imide groups is 1. The first-order valence-electron chi connectivity index (χ1n) is 8.49. The molecule has 3 rings (SSSR count). The molecule has 26 heavy (non-hydrogen) atoms. The summed E-state index contributed by atoms with van der Waals surface area (Å²) in [5, 5.41) is 5.37. The Balaban J connectivity index is 1.48. The van der Waals surface area contributed by atoms with Gasteiger partial charge in [-0.25, -0.2) is 4.79 Å². The van der Waals surface area contributed by atoms with Crippen LogP contribution in [0.1, 0.15) is 18.4 Å². The van der Waals surface area contributed by atoms with Gasteiger partial charge >= 0.3 is 6.03 Å². The van der Waals surface area contributed by atoms with Gasteiger partial charge in [0.05, 0.1) is 11.9 Å². The molecule has 2 aromatic rings. The third-order valence-electron chi connectivity index (χ3n) is 4.18. The van der Waals surface area contributed by atoms with Gasteiger partial charge in [-0.2, -0.15) is 0 Å². The fourth-order valence-corrected chi connectivity index (χ4v) is 2.81. The SMILES string of the molecule is O=C(CC[C@H]1NC(=O)N(CCc2ccccc2)C1=O)Nc1cccnc1. The maximum absolute atomic E-state index is 12.4. The van der Waals surface area contributed by atoms with E-state index in [-0.39, 0.29) is 24.7 Å². The second-order valence-electron chi connectivity index (χ2n) is 6.06. The van der Waals surface area contributed by atoms with Crippen LogP contribution < -0.4 is 10.6 Å². The fourth-order valence-electron chi connectivity index (χ4n) is 2.81. The first-order valence-corrected chi connectivity index (χ1v) is 8.49. The van der Waals surface area contributed by atoms with Gasteiger partial charge in [-0.15, -0.1) is 0 Å². The zero-order chi connectivity index (χ0) is 18.4. The summed E-state index contributed by atoms with van der Waals surface area (Å²) in [4.78, 5) is 41.6. The van der Waals surface area contributed by atoms with Crippen molar-refractivity contribution in [1.29, 1.82) is 0 Å². The predicted molar refractivity (Wildman–Crippen MR) is 96.3 cm³/mol. The second kappa shape index (κ2) is 8.24. The van der Waals surface area contributed by atoms with Crippen molar-refractivity contribution in [3.63, 3.8) is 0 Å². The maximum Gasteiger partial charge on any atom is 0.324 e. The predicted octanol–water partition coefficient (Wildman–Crippen LogP) is 1.96. The van der Waals surface area contributed by atoms with E-state index in [4.69, 9.17) is 0 Å². The quantitative estimate of drug-likeness (QED) is 0.745. The van der Waals surface area contributed by atoms with Crippen LogP contribution in [0.3, 0.4) is 0 Å². The third-order valence-corrected chi connectivity index (χ3v) is 4.18. The van der Waals surface area contributed by atoms with E-state index in [9.17, 15) is 14.4 Å². The third kappa shape index (κ3) is 4.44. The van der Waals surface area contributed by atoms with Gasteiger partial charge in [0.2, 0.25) is 5.91 Å². The lowest BCUT2D eigenvalue weighted by Crippen LogP contribution is -2.33. The molecule has 2 heterocycles. The molecular weight excluding hydrogens is 332 g/mol. The molecule has 1 saturated heterocycles. The molecule has 1 aliphatic heterocycles. The molecule has 1 atom stereocenters. The molecule has 0 spiro atoms. The molecule has 0 saturated carbocycles. The molecule has 1 aliphatic rings. The highest BCUT2D eigenvalue weighted by molar-refractivity contribution is 6.04. The van der Waals surface area contributed by atoms with Crippen LogP contribution in [0.5, 0.6) is 0 Å². The van der Waals surface area contributed by atoms with Gasteiger partial charge in [-0.05, 0) is 30.5 Å². The van der Waals surface area contributed by atoms with Crippen LogP contribution in [0.25, 0.3) is 0 Å². The van der Waals surface area contributed by atoms with Crippen molar-refractivity contribution in [1.82, 2.24) is 15.2 Å². The van der Waals surface area contributed by atoms with Crippen LogP contribution in [-0.2, 0) is 16.0 Å². The largest absolute Gasteiger partial charge is 0.326 e. The first kappa shape index (κ1) is 17.6. The highest BCUT2D eigenvalue weighted by Crippen LogP contribution is 2.13. The topological polar surface area (TPSA) is 91.4 Å². The standard InChI is InChI=1S/C19H20N4O3/c24-17(21-15-7-4-11-20-13-15)9-8-16-18(25)23(19(26)22-16)12-10-14-5-2-1-3-6-14/h1-7,11,13,16H,8-10,12H2,(H,21,24)(H,22,26)/t16-/m1/s1. The lowest BCUT2D eigenvalue weighted by molar-refractivity contribution is -0.127. The minimum Gasteiger partial charge on any atom is -0.326 e. The fraction of sp³-hybridized carbons (Fsp3) is 0.263. The Morgan fingerprint density at radius 3 is 2.69 bits per heavy atom. The van der Waals surface area contributed by atoms with Gasteiger partial charge in [0.15, 0.2) is 0 Å². The number of hydrogen-bond acceptors (Lipinski definition) is 4. The van der Waals surface area contributed by atoms with Crippen LogP contribution in [-0.4, -0.2) is 40.3 Å². The van der Waals surface area contributed by atoms with Crippen molar-refractivity contribution in [2.24, 2.45) is 0 Å². The Kier molecular flexibility index (Phi) is 5.58. The van der Waals surface area contributed by atoms with Crippen molar-refractivity contribution in [3.05, 3.63) is 60.4 Å². The van der Waals surface area contributed by atoms with Gasteiger partial charge in [-0.1, -0.05) is 30.3 Å². The molecule has 2 N–H and O–H groups in total. The summed E-state index contributed by atoms with van der Waals surface area (Å²) in [6.45, 7) is 0.326. The summed E-state index contributed by atoms with van der Waals surface area (Å²) in [5.74, 6) is -0.497. The summed E-state index contributed by atoms with van der Waals surface area (Å²) in [7, 11) is 0. The molecule has 134 valence electrons. The molecule has 1 aromatic carbocycles. The van der Waals surface area contributed by atoms with E-state index < -0.39 is 12.1 Å². The molecule has 1 aromatic heterocycles. The Morgan fingerprint density at radius 1 is 1.15 bits per heavy atom. The molecule has 1 fully saturated rings. The average molecular weight is 352 g/mol. The van der Waals surface area contributed by atoms with Crippen molar-refractivity contribution in [2.75, 3.05) is 11.9 Å². The number of pyridine rings is 1. The number of hydrogen-bond donors (Lipinski definition) is 2. The number of anilines is 1. The minimum absolute atomic E-state index is 0.137. The number of carbonyl (C=O) groups excluding carboxylic acids is 3.